The van der Waals surface area contributed by atoms with Gasteiger partial charge in [-0.2, -0.15) is 0 Å². The molecule has 0 spiro atoms. The second-order valence-corrected chi connectivity index (χ2v) is 3.06. The van der Waals surface area contributed by atoms with Gasteiger partial charge in [-0.1, -0.05) is 10.3 Å². The molecule has 0 bridgehead atoms. The van der Waals surface area contributed by atoms with E-state index in [1.54, 1.807) is 0 Å². The molecule has 0 aliphatic heterocycles. The van der Waals surface area contributed by atoms with Gasteiger partial charge in [0.1, 0.15) is 11.4 Å². The minimum absolute atomic E-state index is 0.139. The predicted octanol–water partition coefficient (Wildman–Crippen LogP) is 0.940. The van der Waals surface area contributed by atoms with Crippen LogP contribution in [0.3, 0.4) is 0 Å². The van der Waals surface area contributed by atoms with Crippen molar-refractivity contribution < 1.29 is 24.4 Å². The van der Waals surface area contributed by atoms with E-state index in [-0.39, 0.29) is 23.0 Å². The SMILES string of the molecule is CC(=O)/C(C)=N/O.CC(=O)O/N=C(\C)C(C)=O. The largest absolute Gasteiger partial charge is 0.411 e. The van der Waals surface area contributed by atoms with Gasteiger partial charge in [0.15, 0.2) is 11.6 Å². The Morgan fingerprint density at radius 3 is 1.47 bits per heavy atom. The molecular formula is C10H16N2O5. The summed E-state index contributed by atoms with van der Waals surface area (Å²) < 4.78 is 0. The molecule has 0 radical (unpaired) electrons. The highest BCUT2D eigenvalue weighted by molar-refractivity contribution is 6.38. The molecule has 0 fully saturated rings. The van der Waals surface area contributed by atoms with Crippen LogP contribution in [0.4, 0.5) is 0 Å². The van der Waals surface area contributed by atoms with Crippen LogP contribution in [0.5, 0.6) is 0 Å². The van der Waals surface area contributed by atoms with Crippen LogP contribution >= 0.6 is 0 Å². The molecule has 7 nitrogen and oxygen atoms in total. The van der Waals surface area contributed by atoms with Crippen LogP contribution in [-0.4, -0.2) is 34.2 Å². The molecule has 0 unspecified atom stereocenters. The Hall–Kier alpha value is -2.05. The number of hydrogen-bond donors (Lipinski definition) is 1. The number of carbonyl (C=O) groups is 3. The molecule has 7 heteroatoms. The summed E-state index contributed by atoms with van der Waals surface area (Å²) in [6, 6.07) is 0. The van der Waals surface area contributed by atoms with Crippen molar-refractivity contribution in [2.45, 2.75) is 34.6 Å². The monoisotopic (exact) mass is 244 g/mol. The number of nitrogens with zero attached hydrogens (tertiary/aromatic N) is 2. The number of oxime groups is 2. The highest BCUT2D eigenvalue weighted by atomic mass is 16.7. The van der Waals surface area contributed by atoms with Crippen LogP contribution in [0.25, 0.3) is 0 Å². The first-order chi connectivity index (χ1) is 7.72. The molecule has 0 aromatic carbocycles. The molecule has 0 rings (SSSR count). The molecule has 0 atom stereocenters. The summed E-state index contributed by atoms with van der Waals surface area (Å²) in [4.78, 5) is 34.8. The maximum absolute atomic E-state index is 10.4. The third kappa shape index (κ3) is 11.9. The molecule has 0 heterocycles. The highest BCUT2D eigenvalue weighted by Crippen LogP contribution is 1.83. The van der Waals surface area contributed by atoms with E-state index in [1.807, 2.05) is 0 Å². The lowest BCUT2D eigenvalue weighted by Crippen LogP contribution is -2.06. The van der Waals surface area contributed by atoms with Crippen molar-refractivity contribution in [2.24, 2.45) is 10.3 Å². The first kappa shape index (κ1) is 17.3. The van der Waals surface area contributed by atoms with Gasteiger partial charge in [0.25, 0.3) is 0 Å². The van der Waals surface area contributed by atoms with Crippen molar-refractivity contribution >= 4 is 29.0 Å². The summed E-state index contributed by atoms with van der Waals surface area (Å²) in [5.41, 5.74) is 0.329. The number of carbonyl (C=O) groups excluding carboxylic acids is 3. The van der Waals surface area contributed by atoms with Crippen LogP contribution in [0, 0.1) is 0 Å². The topological polar surface area (TPSA) is 105 Å². The lowest BCUT2D eigenvalue weighted by molar-refractivity contribution is -0.141. The fraction of sp³-hybridized carbons (Fsp3) is 0.500. The van der Waals surface area contributed by atoms with Gasteiger partial charge in [0.05, 0.1) is 0 Å². The quantitative estimate of drug-likeness (QED) is 0.344. The predicted molar refractivity (Wildman–Crippen MR) is 61.1 cm³/mol. The highest BCUT2D eigenvalue weighted by Gasteiger charge is 1.98. The van der Waals surface area contributed by atoms with Gasteiger partial charge >= 0.3 is 5.97 Å². The number of rotatable bonds is 3. The van der Waals surface area contributed by atoms with Crippen LogP contribution in [-0.2, 0) is 19.2 Å². The summed E-state index contributed by atoms with van der Waals surface area (Å²) in [5, 5.41) is 13.8. The van der Waals surface area contributed by atoms with Gasteiger partial charge in [-0.3, -0.25) is 9.59 Å². The number of ketones is 2. The Morgan fingerprint density at radius 2 is 1.29 bits per heavy atom. The average Bonchev–Trinajstić information content (AvgIpc) is 2.24. The first-order valence-electron chi connectivity index (χ1n) is 4.65. The van der Waals surface area contributed by atoms with Crippen LogP contribution < -0.4 is 0 Å². The zero-order valence-corrected chi connectivity index (χ0v) is 10.5. The van der Waals surface area contributed by atoms with Crippen LogP contribution in [0.1, 0.15) is 34.6 Å². The normalized spacial score (nSPS) is 11.1. The zero-order chi connectivity index (χ0) is 14.0. The van der Waals surface area contributed by atoms with Gasteiger partial charge in [0.2, 0.25) is 0 Å². The van der Waals surface area contributed by atoms with Gasteiger partial charge in [-0.25, -0.2) is 4.79 Å². The zero-order valence-electron chi connectivity index (χ0n) is 10.5. The Bertz CT molecular complexity index is 358. The molecule has 0 amide bonds. The summed E-state index contributed by atoms with van der Waals surface area (Å²) in [6.07, 6.45) is 0. The van der Waals surface area contributed by atoms with Gasteiger partial charge < -0.3 is 10.0 Å². The van der Waals surface area contributed by atoms with Crippen LogP contribution in [0.2, 0.25) is 0 Å². The van der Waals surface area contributed by atoms with Crippen LogP contribution in [0.15, 0.2) is 10.3 Å². The van der Waals surface area contributed by atoms with E-state index in [0.29, 0.717) is 0 Å². The fourth-order valence-corrected chi connectivity index (χ4v) is 0.267. The van der Waals surface area contributed by atoms with E-state index in [0.717, 1.165) is 0 Å². The maximum atomic E-state index is 10.4. The van der Waals surface area contributed by atoms with E-state index in [1.165, 1.54) is 34.6 Å². The Labute approximate surface area is 99.1 Å². The van der Waals surface area contributed by atoms with E-state index < -0.39 is 5.97 Å². The minimum atomic E-state index is -0.527. The Balaban J connectivity index is 0. The number of Topliss-reactive ketones (excluding diaryl/α,β-unsaturated/α-hetero) is 2. The molecule has 17 heavy (non-hydrogen) atoms. The summed E-state index contributed by atoms with van der Waals surface area (Å²) in [5.74, 6) is -0.940. The number of hydrogen-bond acceptors (Lipinski definition) is 7. The average molecular weight is 244 g/mol. The van der Waals surface area contributed by atoms with Crippen molar-refractivity contribution in [3.05, 3.63) is 0 Å². The van der Waals surface area contributed by atoms with Gasteiger partial charge in [-0.15, -0.1) is 0 Å². The Morgan fingerprint density at radius 1 is 0.882 bits per heavy atom. The maximum Gasteiger partial charge on any atom is 0.331 e. The molecule has 0 saturated carbocycles. The van der Waals surface area contributed by atoms with Crippen molar-refractivity contribution in [1.29, 1.82) is 0 Å². The molecule has 0 saturated heterocycles. The van der Waals surface area contributed by atoms with E-state index >= 15 is 0 Å². The van der Waals surface area contributed by atoms with Gasteiger partial charge in [0, 0.05) is 20.8 Å². The molecular weight excluding hydrogens is 228 g/mol. The molecule has 0 aliphatic carbocycles. The summed E-state index contributed by atoms with van der Waals surface area (Å²) in [6.45, 7) is 6.84. The first-order valence-corrected chi connectivity index (χ1v) is 4.65. The standard InChI is InChI=1S/C6H9NO3.C4H7NO2/c1-4(5(2)8)7-10-6(3)9;1-3(5-7)4(2)6/h1-3H3;7H,1-2H3/b7-4+;5-3+. The van der Waals surface area contributed by atoms with Crippen molar-refractivity contribution in [3.63, 3.8) is 0 Å². The molecule has 1 N–H and O–H groups in total. The minimum Gasteiger partial charge on any atom is -0.411 e. The second-order valence-electron chi connectivity index (χ2n) is 3.06. The van der Waals surface area contributed by atoms with Crippen molar-refractivity contribution in [1.82, 2.24) is 0 Å². The van der Waals surface area contributed by atoms with Crippen molar-refractivity contribution in [2.75, 3.05) is 0 Å². The molecule has 0 aliphatic rings. The van der Waals surface area contributed by atoms with E-state index in [4.69, 9.17) is 5.21 Å². The second kappa shape index (κ2) is 9.20. The summed E-state index contributed by atoms with van der Waals surface area (Å²) in [7, 11) is 0. The van der Waals surface area contributed by atoms with Crippen molar-refractivity contribution in [3.8, 4) is 0 Å². The lowest BCUT2D eigenvalue weighted by atomic mass is 10.3. The van der Waals surface area contributed by atoms with Gasteiger partial charge in [-0.05, 0) is 13.8 Å². The van der Waals surface area contributed by atoms with E-state index in [2.05, 4.69) is 15.1 Å². The fourth-order valence-electron chi connectivity index (χ4n) is 0.267. The summed E-state index contributed by atoms with van der Waals surface area (Å²) >= 11 is 0. The Kier molecular flexibility index (Phi) is 9.38. The third-order valence-corrected chi connectivity index (χ3v) is 1.48. The third-order valence-electron chi connectivity index (χ3n) is 1.48. The molecule has 0 aromatic rings. The lowest BCUT2D eigenvalue weighted by Gasteiger charge is -1.91. The smallest absolute Gasteiger partial charge is 0.331 e. The molecule has 96 valence electrons. The molecule has 0 aromatic heterocycles. The van der Waals surface area contributed by atoms with E-state index in [9.17, 15) is 14.4 Å².